The van der Waals surface area contributed by atoms with Crippen molar-refractivity contribution in [2.24, 2.45) is 0 Å². The number of aryl methyl sites for hydroxylation is 1. The van der Waals surface area contributed by atoms with Crippen molar-refractivity contribution in [1.29, 1.82) is 0 Å². The highest BCUT2D eigenvalue weighted by Gasteiger charge is 2.31. The molecule has 0 saturated carbocycles. The quantitative estimate of drug-likeness (QED) is 0.781. The number of aromatic nitrogens is 2. The molecule has 1 amide bonds. The van der Waals surface area contributed by atoms with Crippen LogP contribution < -0.4 is 0 Å². The lowest BCUT2D eigenvalue weighted by molar-refractivity contribution is 0.0292. The second kappa shape index (κ2) is 5.15. The fourth-order valence-corrected chi connectivity index (χ4v) is 2.17. The highest BCUT2D eigenvalue weighted by atomic mass is 16.6. The predicted octanol–water partition coefficient (Wildman–Crippen LogP) is 2.51. The zero-order valence-corrected chi connectivity index (χ0v) is 12.0. The number of hydrogen-bond acceptors (Lipinski definition) is 4. The minimum absolute atomic E-state index is 0.240. The number of hydrogen-bond donors (Lipinski definition) is 0. The zero-order chi connectivity index (χ0) is 14.0. The van der Waals surface area contributed by atoms with Crippen LogP contribution in [0.25, 0.3) is 0 Å². The Bertz CT molecular complexity index is 468. The third kappa shape index (κ3) is 3.66. The highest BCUT2D eigenvalue weighted by Crippen LogP contribution is 2.26. The summed E-state index contributed by atoms with van der Waals surface area (Å²) in [6, 6.07) is 0. The van der Waals surface area contributed by atoms with E-state index in [1.165, 1.54) is 0 Å². The molecule has 0 aromatic carbocycles. The molecule has 0 aliphatic carbocycles. The molecule has 1 fully saturated rings. The lowest BCUT2D eigenvalue weighted by atomic mass is 10.1. The maximum absolute atomic E-state index is 12.0. The van der Waals surface area contributed by atoms with Crippen molar-refractivity contribution < 1.29 is 9.53 Å². The molecule has 5 heteroatoms. The molecular formula is C14H21N3O2. The predicted molar refractivity (Wildman–Crippen MR) is 71.9 cm³/mol. The first kappa shape index (κ1) is 13.8. The molecule has 0 spiro atoms. The summed E-state index contributed by atoms with van der Waals surface area (Å²) >= 11 is 0. The van der Waals surface area contributed by atoms with E-state index < -0.39 is 5.60 Å². The van der Waals surface area contributed by atoms with Gasteiger partial charge in [0.15, 0.2) is 0 Å². The van der Waals surface area contributed by atoms with Crippen LogP contribution in [0.3, 0.4) is 0 Å². The molecule has 0 bridgehead atoms. The minimum Gasteiger partial charge on any atom is -0.444 e. The summed E-state index contributed by atoms with van der Waals surface area (Å²) < 4.78 is 5.38. The van der Waals surface area contributed by atoms with Gasteiger partial charge >= 0.3 is 6.09 Å². The Hall–Kier alpha value is -1.65. The first-order valence-corrected chi connectivity index (χ1v) is 6.61. The van der Waals surface area contributed by atoms with Crippen LogP contribution >= 0.6 is 0 Å². The van der Waals surface area contributed by atoms with Crippen LogP contribution in [0.1, 0.15) is 44.5 Å². The first-order chi connectivity index (χ1) is 8.85. The molecule has 104 valence electrons. The Morgan fingerprint density at radius 1 is 1.42 bits per heavy atom. The van der Waals surface area contributed by atoms with Gasteiger partial charge in [-0.1, -0.05) is 0 Å². The fourth-order valence-electron chi connectivity index (χ4n) is 2.17. The van der Waals surface area contributed by atoms with E-state index in [-0.39, 0.29) is 12.0 Å². The molecule has 1 atom stereocenters. The number of amides is 1. The van der Waals surface area contributed by atoms with E-state index in [4.69, 9.17) is 4.74 Å². The molecule has 1 aliphatic rings. The lowest BCUT2D eigenvalue weighted by Gasteiger charge is -2.24. The van der Waals surface area contributed by atoms with Gasteiger partial charge in [0.05, 0.1) is 11.4 Å². The van der Waals surface area contributed by atoms with Crippen molar-refractivity contribution in [3.63, 3.8) is 0 Å². The zero-order valence-electron chi connectivity index (χ0n) is 12.0. The second-order valence-electron chi connectivity index (χ2n) is 6.00. The van der Waals surface area contributed by atoms with Crippen LogP contribution in [0.5, 0.6) is 0 Å². The van der Waals surface area contributed by atoms with E-state index in [1.54, 1.807) is 17.3 Å². The normalized spacial score (nSPS) is 19.6. The van der Waals surface area contributed by atoms with Gasteiger partial charge in [0.2, 0.25) is 0 Å². The molecule has 1 aromatic rings. The monoisotopic (exact) mass is 263 g/mol. The van der Waals surface area contributed by atoms with E-state index in [0.717, 1.165) is 24.4 Å². The highest BCUT2D eigenvalue weighted by molar-refractivity contribution is 5.68. The number of nitrogens with zero attached hydrogens (tertiary/aromatic N) is 3. The number of carbonyl (C=O) groups excluding carboxylic acids is 1. The summed E-state index contributed by atoms with van der Waals surface area (Å²) in [4.78, 5) is 22.4. The molecule has 0 N–H and O–H groups in total. The first-order valence-electron chi connectivity index (χ1n) is 6.61. The molecule has 1 saturated heterocycles. The van der Waals surface area contributed by atoms with Gasteiger partial charge in [-0.2, -0.15) is 0 Å². The van der Waals surface area contributed by atoms with Crippen molar-refractivity contribution in [3.05, 3.63) is 23.8 Å². The van der Waals surface area contributed by atoms with Gasteiger partial charge in [0.1, 0.15) is 5.60 Å². The van der Waals surface area contributed by atoms with Crippen molar-refractivity contribution in [3.8, 4) is 0 Å². The van der Waals surface area contributed by atoms with E-state index in [2.05, 4.69) is 9.97 Å². The van der Waals surface area contributed by atoms with Crippen LogP contribution in [0.15, 0.2) is 12.4 Å². The Morgan fingerprint density at radius 3 is 2.79 bits per heavy atom. The number of ether oxygens (including phenoxy) is 1. The van der Waals surface area contributed by atoms with Crippen LogP contribution in [0, 0.1) is 6.92 Å². The molecule has 5 nitrogen and oxygen atoms in total. The summed E-state index contributed by atoms with van der Waals surface area (Å²) in [6.45, 7) is 8.94. The summed E-state index contributed by atoms with van der Waals surface area (Å²) in [5.41, 5.74) is 1.43. The molecule has 0 radical (unpaired) electrons. The van der Waals surface area contributed by atoms with Crippen LogP contribution in [0.2, 0.25) is 0 Å². The van der Waals surface area contributed by atoms with Crippen LogP contribution in [-0.4, -0.2) is 39.7 Å². The van der Waals surface area contributed by atoms with Gasteiger partial charge in [0, 0.05) is 31.4 Å². The average molecular weight is 263 g/mol. The van der Waals surface area contributed by atoms with E-state index >= 15 is 0 Å². The molecule has 2 heterocycles. The fraction of sp³-hybridized carbons (Fsp3) is 0.643. The van der Waals surface area contributed by atoms with Crippen LogP contribution in [0.4, 0.5) is 4.79 Å². The number of rotatable bonds is 1. The van der Waals surface area contributed by atoms with Crippen molar-refractivity contribution in [1.82, 2.24) is 14.9 Å². The number of carbonyl (C=O) groups is 1. The Labute approximate surface area is 114 Å². The van der Waals surface area contributed by atoms with Crippen molar-refractivity contribution >= 4 is 6.09 Å². The van der Waals surface area contributed by atoms with Gasteiger partial charge in [-0.05, 0) is 34.1 Å². The average Bonchev–Trinajstić information content (AvgIpc) is 2.75. The smallest absolute Gasteiger partial charge is 0.410 e. The topological polar surface area (TPSA) is 55.3 Å². The van der Waals surface area contributed by atoms with E-state index in [1.807, 2.05) is 27.7 Å². The van der Waals surface area contributed by atoms with Gasteiger partial charge in [-0.15, -0.1) is 0 Å². The van der Waals surface area contributed by atoms with Crippen molar-refractivity contribution in [2.75, 3.05) is 13.1 Å². The van der Waals surface area contributed by atoms with Crippen molar-refractivity contribution in [2.45, 2.75) is 45.6 Å². The van der Waals surface area contributed by atoms with Gasteiger partial charge < -0.3 is 9.64 Å². The molecule has 2 rings (SSSR count). The molecular weight excluding hydrogens is 242 g/mol. The SMILES string of the molecule is Cc1cncc(C2CCN(C(=O)OC(C)(C)C)C2)n1. The summed E-state index contributed by atoms with van der Waals surface area (Å²) in [6.07, 6.45) is 4.20. The standard InChI is InChI=1S/C14H21N3O2/c1-10-7-15-8-12(16-10)11-5-6-17(9-11)13(18)19-14(2,3)4/h7-8,11H,5-6,9H2,1-4H3. The van der Waals surface area contributed by atoms with Gasteiger partial charge in [-0.25, -0.2) is 4.79 Å². The Morgan fingerprint density at radius 2 is 2.16 bits per heavy atom. The Balaban J connectivity index is 1.98. The lowest BCUT2D eigenvalue weighted by Crippen LogP contribution is -2.35. The number of likely N-dealkylation sites (tertiary alicyclic amines) is 1. The minimum atomic E-state index is -0.446. The molecule has 1 aliphatic heterocycles. The largest absolute Gasteiger partial charge is 0.444 e. The van der Waals surface area contributed by atoms with Gasteiger partial charge in [0.25, 0.3) is 0 Å². The van der Waals surface area contributed by atoms with Gasteiger partial charge in [-0.3, -0.25) is 9.97 Å². The van der Waals surface area contributed by atoms with Crippen LogP contribution in [-0.2, 0) is 4.74 Å². The molecule has 1 aromatic heterocycles. The maximum atomic E-state index is 12.0. The third-order valence-electron chi connectivity index (χ3n) is 3.03. The summed E-state index contributed by atoms with van der Waals surface area (Å²) in [5.74, 6) is 0.264. The third-order valence-corrected chi connectivity index (χ3v) is 3.03. The summed E-state index contributed by atoms with van der Waals surface area (Å²) in [7, 11) is 0. The second-order valence-corrected chi connectivity index (χ2v) is 6.00. The molecule has 1 unspecified atom stereocenters. The van der Waals surface area contributed by atoms with E-state index in [9.17, 15) is 4.79 Å². The molecule has 19 heavy (non-hydrogen) atoms. The summed E-state index contributed by atoms with van der Waals surface area (Å²) in [5, 5.41) is 0. The Kier molecular flexibility index (Phi) is 3.73. The van der Waals surface area contributed by atoms with E-state index in [0.29, 0.717) is 6.54 Å². The maximum Gasteiger partial charge on any atom is 0.410 e.